The van der Waals surface area contributed by atoms with E-state index in [-0.39, 0.29) is 0 Å². The maximum atomic E-state index is 6.14. The molecule has 1 saturated carbocycles. The summed E-state index contributed by atoms with van der Waals surface area (Å²) in [6.07, 6.45) is 5.11. The van der Waals surface area contributed by atoms with Crippen LogP contribution in [0.25, 0.3) is 11.3 Å². The van der Waals surface area contributed by atoms with Gasteiger partial charge in [0.1, 0.15) is 10.7 Å². The second-order valence-electron chi connectivity index (χ2n) is 4.88. The number of aromatic nitrogens is 1. The van der Waals surface area contributed by atoms with Crippen LogP contribution in [-0.4, -0.2) is 4.98 Å². The summed E-state index contributed by atoms with van der Waals surface area (Å²) in [6.45, 7) is 0. The SMILES string of the molecule is Nc1sc(C2CCCC2)nc1-c1ccc(Br)c(Cl)c1. The molecule has 5 heteroatoms. The third kappa shape index (κ3) is 2.67. The van der Waals surface area contributed by atoms with Crippen molar-refractivity contribution in [1.82, 2.24) is 4.98 Å². The van der Waals surface area contributed by atoms with Crippen LogP contribution in [0.2, 0.25) is 5.02 Å². The van der Waals surface area contributed by atoms with Crippen LogP contribution >= 0.6 is 38.9 Å². The molecule has 0 aliphatic heterocycles. The smallest absolute Gasteiger partial charge is 0.114 e. The van der Waals surface area contributed by atoms with Gasteiger partial charge in [-0.15, -0.1) is 11.3 Å². The van der Waals surface area contributed by atoms with E-state index < -0.39 is 0 Å². The Morgan fingerprint density at radius 3 is 2.74 bits per heavy atom. The summed E-state index contributed by atoms with van der Waals surface area (Å²) < 4.78 is 0.891. The summed E-state index contributed by atoms with van der Waals surface area (Å²) in [7, 11) is 0. The van der Waals surface area contributed by atoms with Gasteiger partial charge in [0.25, 0.3) is 0 Å². The number of nitrogens with two attached hydrogens (primary N) is 1. The van der Waals surface area contributed by atoms with E-state index in [1.807, 2.05) is 18.2 Å². The van der Waals surface area contributed by atoms with Crippen LogP contribution in [0, 0.1) is 0 Å². The minimum absolute atomic E-state index is 0.604. The molecule has 0 spiro atoms. The fourth-order valence-corrected chi connectivity index (χ4v) is 4.00. The van der Waals surface area contributed by atoms with E-state index in [4.69, 9.17) is 22.3 Å². The summed E-state index contributed by atoms with van der Waals surface area (Å²) in [5.41, 5.74) is 8.00. The molecule has 2 aromatic rings. The van der Waals surface area contributed by atoms with Gasteiger partial charge >= 0.3 is 0 Å². The number of thiazole rings is 1. The summed E-state index contributed by atoms with van der Waals surface area (Å²) in [4.78, 5) is 4.75. The van der Waals surface area contributed by atoms with E-state index in [9.17, 15) is 0 Å². The lowest BCUT2D eigenvalue weighted by Crippen LogP contribution is -1.91. The summed E-state index contributed by atoms with van der Waals surface area (Å²) in [5, 5.41) is 2.66. The van der Waals surface area contributed by atoms with Crippen LogP contribution in [0.1, 0.15) is 36.6 Å². The van der Waals surface area contributed by atoms with Crippen molar-refractivity contribution in [2.24, 2.45) is 0 Å². The zero-order valence-corrected chi connectivity index (χ0v) is 13.5. The molecule has 1 heterocycles. The summed E-state index contributed by atoms with van der Waals surface area (Å²) in [6, 6.07) is 5.85. The van der Waals surface area contributed by atoms with Gasteiger partial charge in [-0.05, 0) is 40.9 Å². The van der Waals surface area contributed by atoms with E-state index in [1.54, 1.807) is 11.3 Å². The minimum atomic E-state index is 0.604. The zero-order valence-electron chi connectivity index (χ0n) is 10.3. The molecule has 0 amide bonds. The predicted molar refractivity (Wildman–Crippen MR) is 85.9 cm³/mol. The van der Waals surface area contributed by atoms with E-state index in [0.29, 0.717) is 10.9 Å². The van der Waals surface area contributed by atoms with Gasteiger partial charge in [0.05, 0.1) is 10.0 Å². The van der Waals surface area contributed by atoms with E-state index in [0.717, 1.165) is 20.7 Å². The fraction of sp³-hybridized carbons (Fsp3) is 0.357. The van der Waals surface area contributed by atoms with Crippen LogP contribution in [0.3, 0.4) is 0 Å². The molecule has 0 radical (unpaired) electrons. The maximum Gasteiger partial charge on any atom is 0.114 e. The highest BCUT2D eigenvalue weighted by molar-refractivity contribution is 9.10. The van der Waals surface area contributed by atoms with Crippen molar-refractivity contribution in [2.45, 2.75) is 31.6 Å². The molecule has 0 saturated heterocycles. The molecular formula is C14H14BrClN2S. The standard InChI is InChI=1S/C14H14BrClN2S/c15-10-6-5-9(7-11(10)16)12-13(17)19-14(18-12)8-3-1-2-4-8/h5-8H,1-4,17H2. The van der Waals surface area contributed by atoms with Crippen molar-refractivity contribution in [1.29, 1.82) is 0 Å². The number of hydrogen-bond acceptors (Lipinski definition) is 3. The second-order valence-corrected chi connectivity index (χ2v) is 7.20. The van der Waals surface area contributed by atoms with Gasteiger partial charge in [-0.2, -0.15) is 0 Å². The predicted octanol–water partition coefficient (Wildman–Crippen LogP) is 5.47. The molecule has 1 aliphatic carbocycles. The lowest BCUT2D eigenvalue weighted by Gasteiger charge is -2.03. The van der Waals surface area contributed by atoms with Crippen LogP contribution in [0.15, 0.2) is 22.7 Å². The Morgan fingerprint density at radius 2 is 2.05 bits per heavy atom. The van der Waals surface area contributed by atoms with Gasteiger partial charge < -0.3 is 5.73 Å². The normalized spacial score (nSPS) is 16.1. The largest absolute Gasteiger partial charge is 0.389 e. The Morgan fingerprint density at radius 1 is 1.32 bits per heavy atom. The molecule has 2 nitrogen and oxygen atoms in total. The highest BCUT2D eigenvalue weighted by Crippen LogP contribution is 2.41. The van der Waals surface area contributed by atoms with Crippen LogP contribution in [-0.2, 0) is 0 Å². The number of benzene rings is 1. The van der Waals surface area contributed by atoms with Crippen molar-refractivity contribution in [3.8, 4) is 11.3 Å². The molecule has 1 aromatic carbocycles. The van der Waals surface area contributed by atoms with E-state index >= 15 is 0 Å². The van der Waals surface area contributed by atoms with Crippen molar-refractivity contribution < 1.29 is 0 Å². The third-order valence-electron chi connectivity index (χ3n) is 3.57. The quantitative estimate of drug-likeness (QED) is 0.774. The van der Waals surface area contributed by atoms with Crippen LogP contribution < -0.4 is 5.73 Å². The van der Waals surface area contributed by atoms with Gasteiger partial charge in [0.15, 0.2) is 0 Å². The Bertz CT molecular complexity index is 605. The third-order valence-corrected chi connectivity index (χ3v) is 5.85. The Hall–Kier alpha value is -0.580. The van der Waals surface area contributed by atoms with E-state index in [2.05, 4.69) is 15.9 Å². The fourth-order valence-electron chi connectivity index (χ4n) is 2.55. The van der Waals surface area contributed by atoms with Gasteiger partial charge in [-0.1, -0.05) is 30.5 Å². The van der Waals surface area contributed by atoms with Crippen molar-refractivity contribution in [3.63, 3.8) is 0 Å². The molecule has 100 valence electrons. The molecule has 1 aromatic heterocycles. The highest BCUT2D eigenvalue weighted by Gasteiger charge is 2.22. The topological polar surface area (TPSA) is 38.9 Å². The Labute approximate surface area is 130 Å². The molecule has 0 unspecified atom stereocenters. The number of nitrogen functional groups attached to an aromatic ring is 1. The first kappa shape index (κ1) is 13.4. The molecule has 2 N–H and O–H groups in total. The molecule has 1 aliphatic rings. The number of halogens is 2. The molecule has 1 fully saturated rings. The van der Waals surface area contributed by atoms with Gasteiger partial charge in [-0.3, -0.25) is 0 Å². The Balaban J connectivity index is 1.97. The number of rotatable bonds is 2. The molecule has 3 rings (SSSR count). The van der Waals surface area contributed by atoms with Crippen molar-refractivity contribution in [2.75, 3.05) is 5.73 Å². The van der Waals surface area contributed by atoms with Gasteiger partial charge in [0, 0.05) is 16.0 Å². The minimum Gasteiger partial charge on any atom is -0.389 e. The van der Waals surface area contributed by atoms with Gasteiger partial charge in [-0.25, -0.2) is 4.98 Å². The van der Waals surface area contributed by atoms with Crippen LogP contribution in [0.4, 0.5) is 5.00 Å². The summed E-state index contributed by atoms with van der Waals surface area (Å²) in [5.74, 6) is 0.604. The lowest BCUT2D eigenvalue weighted by atomic mass is 10.1. The lowest BCUT2D eigenvalue weighted by molar-refractivity contribution is 0.717. The number of nitrogens with zero attached hydrogens (tertiary/aromatic N) is 1. The first-order chi connectivity index (χ1) is 9.15. The number of anilines is 1. The molecule has 19 heavy (non-hydrogen) atoms. The maximum absolute atomic E-state index is 6.14. The van der Waals surface area contributed by atoms with Crippen LogP contribution in [0.5, 0.6) is 0 Å². The molecular weight excluding hydrogens is 344 g/mol. The second kappa shape index (κ2) is 5.43. The zero-order chi connectivity index (χ0) is 13.4. The van der Waals surface area contributed by atoms with Crippen molar-refractivity contribution in [3.05, 3.63) is 32.7 Å². The monoisotopic (exact) mass is 356 g/mol. The summed E-state index contributed by atoms with van der Waals surface area (Å²) >= 11 is 11.2. The highest BCUT2D eigenvalue weighted by atomic mass is 79.9. The average molecular weight is 358 g/mol. The van der Waals surface area contributed by atoms with E-state index in [1.165, 1.54) is 30.7 Å². The first-order valence-corrected chi connectivity index (χ1v) is 8.35. The number of hydrogen-bond donors (Lipinski definition) is 1. The Kier molecular flexibility index (Phi) is 3.83. The molecule has 0 bridgehead atoms. The molecule has 0 atom stereocenters. The first-order valence-electron chi connectivity index (χ1n) is 6.37. The van der Waals surface area contributed by atoms with Gasteiger partial charge in [0.2, 0.25) is 0 Å². The average Bonchev–Trinajstić information content (AvgIpc) is 3.01. The van der Waals surface area contributed by atoms with Crippen molar-refractivity contribution >= 4 is 43.9 Å².